The summed E-state index contributed by atoms with van der Waals surface area (Å²) < 4.78 is 23.3. The van der Waals surface area contributed by atoms with Crippen molar-refractivity contribution in [3.63, 3.8) is 0 Å². The zero-order valence-corrected chi connectivity index (χ0v) is 16.8. The van der Waals surface area contributed by atoms with Crippen LogP contribution in [0.2, 0.25) is 0 Å². The monoisotopic (exact) mass is 439 g/mol. The second kappa shape index (κ2) is 10.0. The van der Waals surface area contributed by atoms with Gasteiger partial charge in [0.15, 0.2) is 12.4 Å². The number of halogens is 1. The number of para-hydroxylation sites is 1. The van der Waals surface area contributed by atoms with Crippen molar-refractivity contribution in [2.45, 2.75) is 0 Å². The number of amides is 2. The van der Waals surface area contributed by atoms with Crippen molar-refractivity contribution in [3.05, 3.63) is 88.2 Å². The average molecular weight is 439 g/mol. The van der Waals surface area contributed by atoms with Gasteiger partial charge in [0.2, 0.25) is 0 Å². The first-order chi connectivity index (χ1) is 15.4. The maximum absolute atomic E-state index is 13.0. The smallest absolute Gasteiger partial charge is 0.314 e. The van der Waals surface area contributed by atoms with E-state index in [1.807, 2.05) is 0 Å². The quantitative estimate of drug-likeness (QED) is 0.404. The third-order valence-electron chi connectivity index (χ3n) is 4.27. The number of carbonyl (C=O) groups is 2. The lowest BCUT2D eigenvalue weighted by molar-refractivity contribution is -0.385. The van der Waals surface area contributed by atoms with E-state index in [0.717, 1.165) is 0 Å². The molecule has 10 heteroatoms. The Kier molecular flexibility index (Phi) is 6.96. The Labute approximate surface area is 181 Å². The first-order valence-corrected chi connectivity index (χ1v) is 9.28. The molecule has 0 aliphatic heterocycles. The molecule has 0 saturated heterocycles. The molecule has 0 aliphatic carbocycles. The molecule has 0 aliphatic rings. The molecule has 2 N–H and O–H groups in total. The maximum Gasteiger partial charge on any atom is 0.314 e. The molecule has 9 nitrogen and oxygen atoms in total. The number of nitrogens with zero attached hydrogens (tertiary/aromatic N) is 1. The molecule has 164 valence electrons. The van der Waals surface area contributed by atoms with Gasteiger partial charge in [0.25, 0.3) is 11.8 Å². The van der Waals surface area contributed by atoms with E-state index in [1.54, 1.807) is 12.1 Å². The lowest BCUT2D eigenvalue weighted by Crippen LogP contribution is -2.23. The Morgan fingerprint density at radius 2 is 1.75 bits per heavy atom. The van der Waals surface area contributed by atoms with E-state index in [2.05, 4.69) is 10.6 Å². The molecule has 3 aromatic carbocycles. The van der Waals surface area contributed by atoms with Crippen LogP contribution in [0.3, 0.4) is 0 Å². The molecule has 0 heterocycles. The van der Waals surface area contributed by atoms with E-state index in [9.17, 15) is 24.1 Å². The van der Waals surface area contributed by atoms with Crippen molar-refractivity contribution in [1.82, 2.24) is 0 Å². The number of rotatable bonds is 8. The predicted octanol–water partition coefficient (Wildman–Crippen LogP) is 4.01. The summed E-state index contributed by atoms with van der Waals surface area (Å²) in [6.45, 7) is -0.527. The number of hydrogen-bond acceptors (Lipinski definition) is 6. The van der Waals surface area contributed by atoms with Crippen LogP contribution in [0.5, 0.6) is 11.5 Å². The van der Waals surface area contributed by atoms with Gasteiger partial charge in [-0.1, -0.05) is 12.1 Å². The molecule has 0 spiro atoms. The predicted molar refractivity (Wildman–Crippen MR) is 115 cm³/mol. The number of ether oxygens (including phenoxy) is 2. The Balaban J connectivity index is 1.68. The van der Waals surface area contributed by atoms with E-state index >= 15 is 0 Å². The molecule has 2 amide bonds. The molecular weight excluding hydrogens is 421 g/mol. The molecule has 32 heavy (non-hydrogen) atoms. The molecule has 0 atom stereocenters. The Bertz CT molecular complexity index is 1150. The second-order valence-electron chi connectivity index (χ2n) is 6.43. The number of carbonyl (C=O) groups excluding carboxylic acids is 2. The van der Waals surface area contributed by atoms with E-state index in [1.165, 1.54) is 61.7 Å². The molecule has 0 fully saturated rings. The minimum Gasteiger partial charge on any atom is -0.496 e. The van der Waals surface area contributed by atoms with Crippen LogP contribution in [0.15, 0.2) is 66.7 Å². The van der Waals surface area contributed by atoms with E-state index in [-0.39, 0.29) is 28.4 Å². The van der Waals surface area contributed by atoms with E-state index < -0.39 is 29.2 Å². The van der Waals surface area contributed by atoms with Crippen molar-refractivity contribution in [2.75, 3.05) is 24.4 Å². The largest absolute Gasteiger partial charge is 0.496 e. The van der Waals surface area contributed by atoms with Crippen LogP contribution < -0.4 is 20.1 Å². The van der Waals surface area contributed by atoms with Gasteiger partial charge in [-0.3, -0.25) is 19.7 Å². The summed E-state index contributed by atoms with van der Waals surface area (Å²) >= 11 is 0. The molecule has 0 saturated carbocycles. The summed E-state index contributed by atoms with van der Waals surface area (Å²) in [5, 5.41) is 16.4. The molecule has 3 rings (SSSR count). The topological polar surface area (TPSA) is 120 Å². The summed E-state index contributed by atoms with van der Waals surface area (Å²) in [4.78, 5) is 35.5. The van der Waals surface area contributed by atoms with Crippen LogP contribution in [0.4, 0.5) is 21.5 Å². The first-order valence-electron chi connectivity index (χ1n) is 9.28. The fourth-order valence-electron chi connectivity index (χ4n) is 2.74. The molecular formula is C22H18FN3O6. The normalized spacial score (nSPS) is 10.2. The Morgan fingerprint density at radius 3 is 2.44 bits per heavy atom. The van der Waals surface area contributed by atoms with Crippen molar-refractivity contribution in [1.29, 1.82) is 0 Å². The van der Waals surface area contributed by atoms with E-state index in [4.69, 9.17) is 9.47 Å². The highest BCUT2D eigenvalue weighted by atomic mass is 19.1. The lowest BCUT2D eigenvalue weighted by atomic mass is 10.1. The SMILES string of the molecule is COc1ccc(OCC(=O)Nc2ccccc2C(=O)Nc2ccc(F)cc2)c([N+](=O)[O-])c1. The van der Waals surface area contributed by atoms with Gasteiger partial charge in [-0.05, 0) is 48.5 Å². The fourth-order valence-corrected chi connectivity index (χ4v) is 2.74. The maximum atomic E-state index is 13.0. The fraction of sp³-hybridized carbons (Fsp3) is 0.0909. The third kappa shape index (κ3) is 5.57. The van der Waals surface area contributed by atoms with Crippen LogP contribution in [0.25, 0.3) is 0 Å². The van der Waals surface area contributed by atoms with Gasteiger partial charge in [-0.2, -0.15) is 0 Å². The number of nitrogens with one attached hydrogen (secondary N) is 2. The first kappa shape index (κ1) is 22.2. The highest BCUT2D eigenvalue weighted by Crippen LogP contribution is 2.31. The minimum atomic E-state index is -0.648. The summed E-state index contributed by atoms with van der Waals surface area (Å²) in [7, 11) is 1.37. The molecule has 0 aromatic heterocycles. The van der Waals surface area contributed by atoms with Crippen LogP contribution in [0, 0.1) is 15.9 Å². The van der Waals surface area contributed by atoms with Crippen molar-refractivity contribution >= 4 is 28.9 Å². The number of hydrogen-bond donors (Lipinski definition) is 2. The van der Waals surface area contributed by atoms with Gasteiger partial charge < -0.3 is 20.1 Å². The van der Waals surface area contributed by atoms with Crippen LogP contribution in [0.1, 0.15) is 10.4 Å². The van der Waals surface area contributed by atoms with Crippen molar-refractivity contribution < 1.29 is 28.4 Å². The second-order valence-corrected chi connectivity index (χ2v) is 6.43. The highest BCUT2D eigenvalue weighted by molar-refractivity contribution is 6.10. The summed E-state index contributed by atoms with van der Waals surface area (Å²) in [5.41, 5.74) is 0.412. The zero-order valence-electron chi connectivity index (χ0n) is 16.8. The number of nitro groups is 1. The summed E-state index contributed by atoms with van der Waals surface area (Å²) in [5.74, 6) is -1.41. The zero-order chi connectivity index (χ0) is 23.1. The average Bonchev–Trinajstić information content (AvgIpc) is 2.79. The van der Waals surface area contributed by atoms with E-state index in [0.29, 0.717) is 5.69 Å². The van der Waals surface area contributed by atoms with Gasteiger partial charge in [-0.15, -0.1) is 0 Å². The van der Waals surface area contributed by atoms with Crippen molar-refractivity contribution in [3.8, 4) is 11.5 Å². The molecule has 0 unspecified atom stereocenters. The van der Waals surface area contributed by atoms with Crippen LogP contribution in [-0.4, -0.2) is 30.5 Å². The third-order valence-corrected chi connectivity index (χ3v) is 4.27. The summed E-state index contributed by atoms with van der Waals surface area (Å²) in [6, 6.07) is 15.5. The van der Waals surface area contributed by atoms with Gasteiger partial charge in [-0.25, -0.2) is 4.39 Å². The van der Waals surface area contributed by atoms with Gasteiger partial charge in [0.1, 0.15) is 11.6 Å². The van der Waals surface area contributed by atoms with Crippen molar-refractivity contribution in [2.24, 2.45) is 0 Å². The Morgan fingerprint density at radius 1 is 1.03 bits per heavy atom. The van der Waals surface area contributed by atoms with Gasteiger partial charge in [0, 0.05) is 5.69 Å². The highest BCUT2D eigenvalue weighted by Gasteiger charge is 2.19. The Hall–Kier alpha value is -4.47. The number of anilines is 2. The molecule has 3 aromatic rings. The summed E-state index contributed by atoms with van der Waals surface area (Å²) in [6.07, 6.45) is 0. The van der Waals surface area contributed by atoms with Gasteiger partial charge >= 0.3 is 5.69 Å². The van der Waals surface area contributed by atoms with Crippen LogP contribution >= 0.6 is 0 Å². The van der Waals surface area contributed by atoms with Crippen LogP contribution in [-0.2, 0) is 4.79 Å². The molecule has 0 bridgehead atoms. The lowest BCUT2D eigenvalue weighted by Gasteiger charge is -2.12. The molecule has 0 radical (unpaired) electrons. The minimum absolute atomic E-state index is 0.103. The van der Waals surface area contributed by atoms with Gasteiger partial charge in [0.05, 0.1) is 29.4 Å². The number of benzene rings is 3. The number of methoxy groups -OCH3 is 1. The standard InChI is InChI=1S/C22H18FN3O6/c1-31-16-10-11-20(19(12-16)26(29)30)32-13-21(27)25-18-5-3-2-4-17(18)22(28)24-15-8-6-14(23)7-9-15/h2-12H,13H2,1H3,(H,24,28)(H,25,27). The number of nitro benzene ring substituents is 1.